The van der Waals surface area contributed by atoms with Crippen LogP contribution in [0.5, 0.6) is 0 Å². The first-order valence-corrected chi connectivity index (χ1v) is 8.26. The van der Waals surface area contributed by atoms with E-state index < -0.39 is 0 Å². The van der Waals surface area contributed by atoms with Gasteiger partial charge >= 0.3 is 0 Å². The van der Waals surface area contributed by atoms with Crippen molar-refractivity contribution in [1.82, 2.24) is 4.90 Å². The SMILES string of the molecule is CC(C)C[C@H](CN)CC(=O)N(C)Cc1csc(Br)c1. The quantitative estimate of drug-likeness (QED) is 0.821. The van der Waals surface area contributed by atoms with Crippen LogP contribution in [0.25, 0.3) is 0 Å². The second-order valence-corrected chi connectivity index (χ2v) is 7.73. The van der Waals surface area contributed by atoms with Crippen molar-refractivity contribution in [2.24, 2.45) is 17.6 Å². The van der Waals surface area contributed by atoms with E-state index in [1.807, 2.05) is 7.05 Å². The molecule has 0 saturated carbocycles. The molecule has 108 valence electrons. The number of amides is 1. The van der Waals surface area contributed by atoms with E-state index in [9.17, 15) is 4.79 Å². The molecule has 0 bridgehead atoms. The molecule has 1 aromatic heterocycles. The zero-order valence-corrected chi connectivity index (χ0v) is 14.3. The van der Waals surface area contributed by atoms with Crippen LogP contribution in [0.2, 0.25) is 0 Å². The van der Waals surface area contributed by atoms with Gasteiger partial charge < -0.3 is 10.6 Å². The molecule has 5 heteroatoms. The van der Waals surface area contributed by atoms with Crippen LogP contribution in [-0.2, 0) is 11.3 Å². The molecule has 1 amide bonds. The van der Waals surface area contributed by atoms with Gasteiger partial charge in [-0.05, 0) is 57.7 Å². The Bertz CT molecular complexity index is 406. The van der Waals surface area contributed by atoms with E-state index in [4.69, 9.17) is 5.73 Å². The smallest absolute Gasteiger partial charge is 0.222 e. The van der Waals surface area contributed by atoms with Crippen molar-refractivity contribution in [1.29, 1.82) is 0 Å². The van der Waals surface area contributed by atoms with Crippen molar-refractivity contribution in [2.45, 2.75) is 33.2 Å². The van der Waals surface area contributed by atoms with E-state index in [0.717, 1.165) is 10.2 Å². The number of nitrogens with two attached hydrogens (primary N) is 1. The van der Waals surface area contributed by atoms with Crippen LogP contribution in [0.4, 0.5) is 0 Å². The molecule has 0 unspecified atom stereocenters. The predicted molar refractivity (Wildman–Crippen MR) is 85.1 cm³/mol. The molecular weight excluding hydrogens is 324 g/mol. The lowest BCUT2D eigenvalue weighted by Gasteiger charge is -2.21. The topological polar surface area (TPSA) is 46.3 Å². The summed E-state index contributed by atoms with van der Waals surface area (Å²) in [6.07, 6.45) is 1.57. The maximum absolute atomic E-state index is 12.2. The zero-order valence-electron chi connectivity index (χ0n) is 11.9. The third-order valence-electron chi connectivity index (χ3n) is 3.07. The van der Waals surface area contributed by atoms with Gasteiger partial charge in [0.25, 0.3) is 0 Å². The van der Waals surface area contributed by atoms with Crippen LogP contribution in [0, 0.1) is 11.8 Å². The first kappa shape index (κ1) is 16.7. The highest BCUT2D eigenvalue weighted by Gasteiger charge is 2.17. The summed E-state index contributed by atoms with van der Waals surface area (Å²) in [5.74, 6) is 1.06. The molecule has 0 spiro atoms. The molecule has 0 aromatic carbocycles. The molecule has 0 aliphatic rings. The summed E-state index contributed by atoms with van der Waals surface area (Å²) in [7, 11) is 1.86. The Morgan fingerprint density at radius 1 is 1.53 bits per heavy atom. The summed E-state index contributed by atoms with van der Waals surface area (Å²) < 4.78 is 1.10. The Kier molecular flexibility index (Phi) is 7.04. The lowest BCUT2D eigenvalue weighted by atomic mass is 9.94. The summed E-state index contributed by atoms with van der Waals surface area (Å²) in [6, 6.07) is 2.06. The number of hydrogen-bond donors (Lipinski definition) is 1. The van der Waals surface area contributed by atoms with Gasteiger partial charge in [0.05, 0.1) is 3.79 Å². The Morgan fingerprint density at radius 3 is 2.68 bits per heavy atom. The molecule has 1 atom stereocenters. The van der Waals surface area contributed by atoms with Gasteiger partial charge in [0.1, 0.15) is 0 Å². The minimum atomic E-state index is 0.179. The van der Waals surface area contributed by atoms with Crippen LogP contribution in [-0.4, -0.2) is 24.4 Å². The van der Waals surface area contributed by atoms with Gasteiger partial charge in [-0.25, -0.2) is 0 Å². The van der Waals surface area contributed by atoms with Crippen LogP contribution in [0.1, 0.15) is 32.3 Å². The van der Waals surface area contributed by atoms with E-state index in [0.29, 0.717) is 31.3 Å². The molecule has 0 aliphatic carbocycles. The van der Waals surface area contributed by atoms with E-state index in [-0.39, 0.29) is 5.91 Å². The molecule has 0 aliphatic heterocycles. The van der Waals surface area contributed by atoms with Gasteiger partial charge in [-0.2, -0.15) is 0 Å². The first-order valence-electron chi connectivity index (χ1n) is 6.59. The van der Waals surface area contributed by atoms with Crippen molar-refractivity contribution in [3.05, 3.63) is 20.8 Å². The Labute approximate surface area is 128 Å². The van der Waals surface area contributed by atoms with Crippen molar-refractivity contribution in [2.75, 3.05) is 13.6 Å². The zero-order chi connectivity index (χ0) is 14.4. The fourth-order valence-electron chi connectivity index (χ4n) is 2.12. The van der Waals surface area contributed by atoms with E-state index >= 15 is 0 Å². The summed E-state index contributed by atoms with van der Waals surface area (Å²) >= 11 is 5.08. The summed E-state index contributed by atoms with van der Waals surface area (Å²) in [6.45, 7) is 5.58. The van der Waals surface area contributed by atoms with Crippen LogP contribution in [0.15, 0.2) is 15.2 Å². The van der Waals surface area contributed by atoms with Crippen molar-refractivity contribution in [3.63, 3.8) is 0 Å². The maximum Gasteiger partial charge on any atom is 0.222 e. The fourth-order valence-corrected chi connectivity index (χ4v) is 3.32. The molecule has 1 rings (SSSR count). The van der Waals surface area contributed by atoms with Crippen LogP contribution in [0.3, 0.4) is 0 Å². The number of nitrogens with zero attached hydrogens (tertiary/aromatic N) is 1. The average molecular weight is 347 g/mol. The van der Waals surface area contributed by atoms with Gasteiger partial charge in [-0.3, -0.25) is 4.79 Å². The minimum absolute atomic E-state index is 0.179. The maximum atomic E-state index is 12.2. The summed E-state index contributed by atoms with van der Waals surface area (Å²) in [4.78, 5) is 14.0. The molecule has 1 heterocycles. The number of thiophene rings is 1. The van der Waals surface area contributed by atoms with Crippen molar-refractivity contribution < 1.29 is 4.79 Å². The van der Waals surface area contributed by atoms with Gasteiger partial charge in [0.2, 0.25) is 5.91 Å². The van der Waals surface area contributed by atoms with Gasteiger partial charge in [0, 0.05) is 20.0 Å². The number of hydrogen-bond acceptors (Lipinski definition) is 3. The summed E-state index contributed by atoms with van der Waals surface area (Å²) in [5.41, 5.74) is 6.92. The Balaban J connectivity index is 2.47. The molecule has 0 fully saturated rings. The van der Waals surface area contributed by atoms with E-state index in [2.05, 4.69) is 41.2 Å². The van der Waals surface area contributed by atoms with E-state index in [1.165, 1.54) is 5.56 Å². The van der Waals surface area contributed by atoms with Gasteiger partial charge in [0.15, 0.2) is 0 Å². The van der Waals surface area contributed by atoms with Gasteiger partial charge in [-0.1, -0.05) is 13.8 Å². The van der Waals surface area contributed by atoms with Gasteiger partial charge in [-0.15, -0.1) is 11.3 Å². The second kappa shape index (κ2) is 8.02. The highest BCUT2D eigenvalue weighted by Crippen LogP contribution is 2.22. The molecule has 3 nitrogen and oxygen atoms in total. The lowest BCUT2D eigenvalue weighted by Crippen LogP contribution is -2.30. The molecule has 0 saturated heterocycles. The molecular formula is C14H23BrN2OS. The third kappa shape index (κ3) is 6.06. The van der Waals surface area contributed by atoms with Crippen LogP contribution >= 0.6 is 27.3 Å². The van der Waals surface area contributed by atoms with Crippen molar-refractivity contribution >= 4 is 33.2 Å². The predicted octanol–water partition coefficient (Wildman–Crippen LogP) is 3.48. The third-order valence-corrected chi connectivity index (χ3v) is 4.62. The van der Waals surface area contributed by atoms with Crippen molar-refractivity contribution in [3.8, 4) is 0 Å². The monoisotopic (exact) mass is 346 g/mol. The highest BCUT2D eigenvalue weighted by molar-refractivity contribution is 9.11. The molecule has 1 aromatic rings. The first-order chi connectivity index (χ1) is 8.92. The molecule has 2 N–H and O–H groups in total. The Hall–Kier alpha value is -0.390. The number of carbonyl (C=O) groups excluding carboxylic acids is 1. The number of halogens is 1. The fraction of sp³-hybridized carbons (Fsp3) is 0.643. The number of rotatable bonds is 7. The molecule has 0 radical (unpaired) electrons. The minimum Gasteiger partial charge on any atom is -0.341 e. The summed E-state index contributed by atoms with van der Waals surface area (Å²) in [5, 5.41) is 2.07. The average Bonchev–Trinajstić information content (AvgIpc) is 2.73. The molecule has 19 heavy (non-hydrogen) atoms. The standard InChI is InChI=1S/C14H23BrN2OS/c1-10(2)4-11(7-16)6-14(18)17(3)8-12-5-13(15)19-9-12/h5,9-11H,4,6-8,16H2,1-3H3/t11-/m0/s1. The van der Waals surface area contributed by atoms with E-state index in [1.54, 1.807) is 16.2 Å². The normalized spacial score (nSPS) is 12.7. The second-order valence-electron chi connectivity index (χ2n) is 5.44. The number of carbonyl (C=O) groups is 1. The largest absolute Gasteiger partial charge is 0.341 e. The lowest BCUT2D eigenvalue weighted by molar-refractivity contribution is -0.131. The Morgan fingerprint density at radius 2 is 2.21 bits per heavy atom. The van der Waals surface area contributed by atoms with Crippen LogP contribution < -0.4 is 5.73 Å². The highest BCUT2D eigenvalue weighted by atomic mass is 79.9.